The SMILES string of the molecule is CS(=O)(=O)c1ccc(-c2ccc(OCC3CCNCC3)c(F)c2)cc1.Cl. The quantitative estimate of drug-likeness (QED) is 0.832. The Morgan fingerprint density at radius 1 is 1.08 bits per heavy atom. The molecule has 1 fully saturated rings. The Morgan fingerprint density at radius 2 is 1.69 bits per heavy atom. The molecule has 1 heterocycles. The van der Waals surface area contributed by atoms with Crippen molar-refractivity contribution < 1.29 is 17.5 Å². The molecule has 1 saturated heterocycles. The number of ether oxygens (including phenoxy) is 1. The molecule has 3 rings (SSSR count). The zero-order valence-electron chi connectivity index (χ0n) is 14.6. The minimum atomic E-state index is -3.23. The first-order chi connectivity index (χ1) is 11.9. The molecule has 0 aromatic heterocycles. The molecule has 0 atom stereocenters. The zero-order chi connectivity index (χ0) is 17.9. The van der Waals surface area contributed by atoms with E-state index in [1.807, 2.05) is 0 Å². The van der Waals surface area contributed by atoms with Crippen LogP contribution in [0.3, 0.4) is 0 Å². The first kappa shape index (κ1) is 20.7. The van der Waals surface area contributed by atoms with E-state index in [-0.39, 0.29) is 23.1 Å². The van der Waals surface area contributed by atoms with E-state index >= 15 is 0 Å². The van der Waals surface area contributed by atoms with Crippen LogP contribution in [-0.2, 0) is 9.84 Å². The summed E-state index contributed by atoms with van der Waals surface area (Å²) in [4.78, 5) is 0.249. The maximum absolute atomic E-state index is 14.3. The third kappa shape index (κ3) is 5.19. The lowest BCUT2D eigenvalue weighted by Gasteiger charge is -2.22. The Balaban J connectivity index is 0.00000243. The van der Waals surface area contributed by atoms with Crippen molar-refractivity contribution in [2.24, 2.45) is 5.92 Å². The van der Waals surface area contributed by atoms with Crippen molar-refractivity contribution in [3.8, 4) is 16.9 Å². The van der Waals surface area contributed by atoms with Gasteiger partial charge < -0.3 is 10.1 Å². The van der Waals surface area contributed by atoms with Crippen LogP contribution in [0.4, 0.5) is 4.39 Å². The fourth-order valence-electron chi connectivity index (χ4n) is 2.95. The second-order valence-corrected chi connectivity index (χ2v) is 8.46. The summed E-state index contributed by atoms with van der Waals surface area (Å²) in [5.41, 5.74) is 1.45. The number of hydrogen-bond acceptors (Lipinski definition) is 4. The fourth-order valence-corrected chi connectivity index (χ4v) is 3.58. The van der Waals surface area contributed by atoms with Crippen LogP contribution in [0.25, 0.3) is 11.1 Å². The predicted octanol–water partition coefficient (Wildman–Crippen LogP) is 3.70. The van der Waals surface area contributed by atoms with Gasteiger partial charge in [0.25, 0.3) is 0 Å². The van der Waals surface area contributed by atoms with E-state index in [1.54, 1.807) is 24.3 Å². The minimum absolute atomic E-state index is 0. The van der Waals surface area contributed by atoms with E-state index in [2.05, 4.69) is 5.32 Å². The third-order valence-electron chi connectivity index (χ3n) is 4.48. The number of halogens is 2. The highest BCUT2D eigenvalue weighted by Gasteiger charge is 2.15. The summed E-state index contributed by atoms with van der Waals surface area (Å²) in [7, 11) is -3.23. The average molecular weight is 400 g/mol. The molecule has 26 heavy (non-hydrogen) atoms. The summed E-state index contributed by atoms with van der Waals surface area (Å²) in [5, 5.41) is 3.30. The molecule has 0 amide bonds. The second-order valence-electron chi connectivity index (χ2n) is 6.45. The molecule has 1 aliphatic rings. The maximum Gasteiger partial charge on any atom is 0.175 e. The van der Waals surface area contributed by atoms with E-state index in [0.29, 0.717) is 18.1 Å². The standard InChI is InChI=1S/C19H22FNO3S.ClH/c1-25(22,23)17-5-2-15(3-6-17)16-4-7-19(18(20)12-16)24-13-14-8-10-21-11-9-14;/h2-7,12,14,21H,8-11,13H2,1H3;1H. The largest absolute Gasteiger partial charge is 0.490 e. The summed E-state index contributed by atoms with van der Waals surface area (Å²) in [5.74, 6) is 0.317. The highest BCUT2D eigenvalue weighted by Crippen LogP contribution is 2.27. The molecule has 142 valence electrons. The van der Waals surface area contributed by atoms with Gasteiger partial charge in [0.1, 0.15) is 0 Å². The molecule has 4 nitrogen and oxygen atoms in total. The third-order valence-corrected chi connectivity index (χ3v) is 5.61. The molecule has 0 aliphatic carbocycles. The molecule has 0 saturated carbocycles. The van der Waals surface area contributed by atoms with Gasteiger partial charge in [0.15, 0.2) is 21.4 Å². The molecular weight excluding hydrogens is 377 g/mol. The van der Waals surface area contributed by atoms with Gasteiger partial charge in [-0.2, -0.15) is 0 Å². The van der Waals surface area contributed by atoms with Crippen LogP contribution in [0, 0.1) is 11.7 Å². The fraction of sp³-hybridized carbons (Fsp3) is 0.368. The van der Waals surface area contributed by atoms with Crippen molar-refractivity contribution in [1.29, 1.82) is 0 Å². The lowest BCUT2D eigenvalue weighted by molar-refractivity contribution is 0.208. The molecule has 0 radical (unpaired) electrons. The molecule has 0 unspecified atom stereocenters. The summed E-state index contributed by atoms with van der Waals surface area (Å²) in [6.45, 7) is 2.50. The molecule has 2 aromatic carbocycles. The number of benzene rings is 2. The Kier molecular flexibility index (Phi) is 7.03. The summed E-state index contributed by atoms with van der Waals surface area (Å²) in [6.07, 6.45) is 3.26. The highest BCUT2D eigenvalue weighted by atomic mass is 35.5. The van der Waals surface area contributed by atoms with Crippen molar-refractivity contribution >= 4 is 22.2 Å². The summed E-state index contributed by atoms with van der Waals surface area (Å²) in [6, 6.07) is 11.3. The van der Waals surface area contributed by atoms with Crippen molar-refractivity contribution in [1.82, 2.24) is 5.32 Å². The second kappa shape index (κ2) is 8.84. The van der Waals surface area contributed by atoms with Crippen LogP contribution in [-0.4, -0.2) is 34.4 Å². The van der Waals surface area contributed by atoms with Crippen molar-refractivity contribution in [3.63, 3.8) is 0 Å². The van der Waals surface area contributed by atoms with E-state index in [1.165, 1.54) is 18.2 Å². The van der Waals surface area contributed by atoms with Gasteiger partial charge >= 0.3 is 0 Å². The van der Waals surface area contributed by atoms with Crippen LogP contribution in [0.5, 0.6) is 5.75 Å². The molecular formula is C19H23ClFNO3S. The van der Waals surface area contributed by atoms with Gasteiger partial charge in [-0.15, -0.1) is 12.4 Å². The van der Waals surface area contributed by atoms with Crippen LogP contribution in [0.15, 0.2) is 47.4 Å². The maximum atomic E-state index is 14.3. The van der Waals surface area contributed by atoms with Gasteiger partial charge in [-0.1, -0.05) is 18.2 Å². The molecule has 7 heteroatoms. The number of hydrogen-bond donors (Lipinski definition) is 1. The lowest BCUT2D eigenvalue weighted by atomic mass is 9.99. The van der Waals surface area contributed by atoms with Gasteiger partial charge in [0.05, 0.1) is 11.5 Å². The summed E-state index contributed by atoms with van der Waals surface area (Å²) >= 11 is 0. The Labute approximate surface area is 160 Å². The monoisotopic (exact) mass is 399 g/mol. The summed E-state index contributed by atoms with van der Waals surface area (Å²) < 4.78 is 43.0. The molecule has 2 aromatic rings. The normalized spacial score (nSPS) is 15.3. The van der Waals surface area contributed by atoms with Crippen molar-refractivity contribution in [3.05, 3.63) is 48.3 Å². The molecule has 1 aliphatic heterocycles. The van der Waals surface area contributed by atoms with Gasteiger partial charge in [-0.3, -0.25) is 0 Å². The van der Waals surface area contributed by atoms with Crippen molar-refractivity contribution in [2.45, 2.75) is 17.7 Å². The predicted molar refractivity (Wildman–Crippen MR) is 103 cm³/mol. The van der Waals surface area contributed by atoms with Gasteiger partial charge in [0.2, 0.25) is 0 Å². The average Bonchev–Trinajstić information content (AvgIpc) is 2.61. The number of sulfone groups is 1. The number of rotatable bonds is 5. The van der Waals surface area contributed by atoms with Crippen LogP contribution in [0.1, 0.15) is 12.8 Å². The van der Waals surface area contributed by atoms with E-state index in [4.69, 9.17) is 4.74 Å². The van der Waals surface area contributed by atoms with Crippen LogP contribution >= 0.6 is 12.4 Å². The number of nitrogens with one attached hydrogen (secondary N) is 1. The highest BCUT2D eigenvalue weighted by molar-refractivity contribution is 7.90. The van der Waals surface area contributed by atoms with Crippen molar-refractivity contribution in [2.75, 3.05) is 26.0 Å². The smallest absolute Gasteiger partial charge is 0.175 e. The molecule has 1 N–H and O–H groups in total. The Morgan fingerprint density at radius 3 is 2.27 bits per heavy atom. The van der Waals surface area contributed by atoms with E-state index < -0.39 is 15.7 Å². The zero-order valence-corrected chi connectivity index (χ0v) is 16.2. The lowest BCUT2D eigenvalue weighted by Crippen LogP contribution is -2.30. The molecule has 0 bridgehead atoms. The van der Waals surface area contributed by atoms with Crippen LogP contribution in [0.2, 0.25) is 0 Å². The topological polar surface area (TPSA) is 55.4 Å². The van der Waals surface area contributed by atoms with Crippen LogP contribution < -0.4 is 10.1 Å². The Hall–Kier alpha value is -1.63. The first-order valence-corrected chi connectivity index (χ1v) is 10.3. The molecule has 0 spiro atoms. The van der Waals surface area contributed by atoms with Gasteiger partial charge in [0, 0.05) is 6.26 Å². The Bertz CT molecular complexity index is 834. The van der Waals surface area contributed by atoms with E-state index in [9.17, 15) is 12.8 Å². The first-order valence-electron chi connectivity index (χ1n) is 8.37. The minimum Gasteiger partial charge on any atom is -0.490 e. The van der Waals surface area contributed by atoms with Gasteiger partial charge in [-0.05, 0) is 67.2 Å². The van der Waals surface area contributed by atoms with E-state index in [0.717, 1.165) is 37.8 Å². The van der Waals surface area contributed by atoms with Gasteiger partial charge in [-0.25, -0.2) is 12.8 Å². The number of piperidine rings is 1.